The lowest BCUT2D eigenvalue weighted by atomic mass is 10.0. The molecule has 0 saturated heterocycles. The van der Waals surface area contributed by atoms with Crippen molar-refractivity contribution < 1.29 is 29.4 Å². The summed E-state index contributed by atoms with van der Waals surface area (Å²) in [6.07, 6.45) is -0.300. The summed E-state index contributed by atoms with van der Waals surface area (Å²) in [7, 11) is 0. The van der Waals surface area contributed by atoms with Gasteiger partial charge in [0.1, 0.15) is 6.04 Å². The topological polar surface area (TPSA) is 159 Å². The van der Waals surface area contributed by atoms with Crippen molar-refractivity contribution in [2.45, 2.75) is 38.8 Å². The van der Waals surface area contributed by atoms with E-state index in [1.165, 1.54) is 0 Å². The highest BCUT2D eigenvalue weighted by molar-refractivity contribution is 5.90. The van der Waals surface area contributed by atoms with Crippen molar-refractivity contribution >= 4 is 23.8 Å². The van der Waals surface area contributed by atoms with E-state index >= 15 is 0 Å². The predicted octanol–water partition coefficient (Wildman–Crippen LogP) is -1.48. The fraction of sp³-hybridized carbons (Fsp3) is 0.667. The Morgan fingerprint density at radius 3 is 2.14 bits per heavy atom. The number of amides is 2. The quantitative estimate of drug-likeness (QED) is 0.347. The first-order valence-electron chi connectivity index (χ1n) is 6.40. The van der Waals surface area contributed by atoms with Crippen LogP contribution in [0.2, 0.25) is 0 Å². The zero-order valence-electron chi connectivity index (χ0n) is 12.0. The van der Waals surface area contributed by atoms with Crippen LogP contribution in [0.1, 0.15) is 26.7 Å². The van der Waals surface area contributed by atoms with E-state index in [1.807, 2.05) is 13.8 Å². The minimum Gasteiger partial charge on any atom is -0.481 e. The summed E-state index contributed by atoms with van der Waals surface area (Å²) >= 11 is 0. The number of carbonyl (C=O) groups is 4. The summed E-state index contributed by atoms with van der Waals surface area (Å²) in [5.41, 5.74) is 5.30. The van der Waals surface area contributed by atoms with Gasteiger partial charge in [0.05, 0.1) is 19.0 Å². The van der Waals surface area contributed by atoms with Crippen LogP contribution in [0.15, 0.2) is 0 Å². The van der Waals surface area contributed by atoms with Crippen LogP contribution in [0.3, 0.4) is 0 Å². The smallest absolute Gasteiger partial charge is 0.326 e. The van der Waals surface area contributed by atoms with Gasteiger partial charge in [-0.05, 0) is 12.3 Å². The first-order chi connectivity index (χ1) is 9.63. The monoisotopic (exact) mass is 303 g/mol. The first-order valence-corrected chi connectivity index (χ1v) is 6.40. The number of rotatable bonds is 9. The lowest BCUT2D eigenvalue weighted by molar-refractivity contribution is -0.142. The van der Waals surface area contributed by atoms with Gasteiger partial charge in [0.25, 0.3) is 0 Å². The minimum atomic E-state index is -1.26. The standard InChI is InChI=1S/C12H21N3O6/c1-6(2)3-8(12(20)21)15-9(16)5-14-11(19)7(13)4-10(17)18/h6-8H,3-5,13H2,1-2H3,(H,14,19)(H,15,16)(H,17,18)(H,20,21). The number of carboxylic acid groups (broad SMARTS) is 2. The molecule has 0 rings (SSSR count). The average Bonchev–Trinajstić information content (AvgIpc) is 2.33. The Balaban J connectivity index is 4.27. The van der Waals surface area contributed by atoms with Gasteiger partial charge in [-0.15, -0.1) is 0 Å². The Morgan fingerprint density at radius 2 is 1.71 bits per heavy atom. The first kappa shape index (κ1) is 18.8. The second kappa shape index (κ2) is 8.90. The molecule has 0 heterocycles. The zero-order chi connectivity index (χ0) is 16.6. The van der Waals surface area contributed by atoms with Crippen molar-refractivity contribution in [1.82, 2.24) is 10.6 Å². The van der Waals surface area contributed by atoms with Crippen LogP contribution in [0, 0.1) is 5.92 Å². The average molecular weight is 303 g/mol. The highest BCUT2D eigenvalue weighted by atomic mass is 16.4. The maximum atomic E-state index is 11.5. The van der Waals surface area contributed by atoms with Crippen molar-refractivity contribution in [3.05, 3.63) is 0 Å². The van der Waals surface area contributed by atoms with Gasteiger partial charge in [0, 0.05) is 0 Å². The maximum absolute atomic E-state index is 11.5. The number of nitrogens with one attached hydrogen (secondary N) is 2. The van der Waals surface area contributed by atoms with Gasteiger partial charge in [-0.25, -0.2) is 4.79 Å². The third kappa shape index (κ3) is 8.58. The van der Waals surface area contributed by atoms with Gasteiger partial charge in [-0.1, -0.05) is 13.8 Å². The van der Waals surface area contributed by atoms with Crippen LogP contribution in [-0.2, 0) is 19.2 Å². The Hall–Kier alpha value is -2.16. The predicted molar refractivity (Wildman–Crippen MR) is 72.3 cm³/mol. The Morgan fingerprint density at radius 1 is 1.14 bits per heavy atom. The summed E-state index contributed by atoms with van der Waals surface area (Å²) in [5.74, 6) is -3.79. The summed E-state index contributed by atoms with van der Waals surface area (Å²) in [6.45, 7) is 3.16. The molecule has 21 heavy (non-hydrogen) atoms. The number of hydrogen-bond acceptors (Lipinski definition) is 5. The number of carboxylic acids is 2. The molecule has 0 aliphatic rings. The molecule has 0 aliphatic carbocycles. The largest absolute Gasteiger partial charge is 0.481 e. The molecular formula is C12H21N3O6. The molecular weight excluding hydrogens is 282 g/mol. The molecule has 0 aliphatic heterocycles. The van der Waals surface area contributed by atoms with Crippen LogP contribution >= 0.6 is 0 Å². The zero-order valence-corrected chi connectivity index (χ0v) is 12.0. The molecule has 9 heteroatoms. The SMILES string of the molecule is CC(C)CC(NC(=O)CNC(=O)C(N)CC(=O)O)C(=O)O. The summed E-state index contributed by atoms with van der Waals surface area (Å²) < 4.78 is 0. The molecule has 0 aromatic rings. The second-order valence-corrected chi connectivity index (χ2v) is 5.01. The highest BCUT2D eigenvalue weighted by Crippen LogP contribution is 2.04. The summed E-state index contributed by atoms with van der Waals surface area (Å²) in [5, 5.41) is 21.8. The molecule has 6 N–H and O–H groups in total. The van der Waals surface area contributed by atoms with Crippen molar-refractivity contribution in [1.29, 1.82) is 0 Å². The molecule has 0 fully saturated rings. The maximum Gasteiger partial charge on any atom is 0.326 e. The van der Waals surface area contributed by atoms with Crippen molar-refractivity contribution in [3.8, 4) is 0 Å². The molecule has 0 aromatic carbocycles. The molecule has 0 radical (unpaired) electrons. The third-order valence-corrected chi connectivity index (χ3v) is 2.49. The van der Waals surface area contributed by atoms with E-state index in [1.54, 1.807) is 0 Å². The Kier molecular flexibility index (Phi) is 7.99. The van der Waals surface area contributed by atoms with Gasteiger partial charge in [-0.2, -0.15) is 0 Å². The number of aliphatic carboxylic acids is 2. The molecule has 0 bridgehead atoms. The number of hydrogen-bond donors (Lipinski definition) is 5. The van der Waals surface area contributed by atoms with Crippen LogP contribution in [0.25, 0.3) is 0 Å². The van der Waals surface area contributed by atoms with E-state index < -0.39 is 48.8 Å². The van der Waals surface area contributed by atoms with Gasteiger partial charge < -0.3 is 26.6 Å². The summed E-state index contributed by atoms with van der Waals surface area (Å²) in [4.78, 5) is 44.2. The number of nitrogens with two attached hydrogens (primary N) is 1. The third-order valence-electron chi connectivity index (χ3n) is 2.49. The minimum absolute atomic E-state index is 0.0741. The van der Waals surface area contributed by atoms with Crippen LogP contribution in [0.5, 0.6) is 0 Å². The normalized spacial score (nSPS) is 13.3. The molecule has 0 aromatic heterocycles. The van der Waals surface area contributed by atoms with Crippen LogP contribution < -0.4 is 16.4 Å². The van der Waals surface area contributed by atoms with Crippen LogP contribution in [0.4, 0.5) is 0 Å². The Bertz CT molecular complexity index is 410. The molecule has 9 nitrogen and oxygen atoms in total. The van der Waals surface area contributed by atoms with Gasteiger partial charge in [0.2, 0.25) is 11.8 Å². The molecule has 0 spiro atoms. The van der Waals surface area contributed by atoms with E-state index in [-0.39, 0.29) is 12.3 Å². The highest BCUT2D eigenvalue weighted by Gasteiger charge is 2.22. The van der Waals surface area contributed by atoms with E-state index in [4.69, 9.17) is 15.9 Å². The molecule has 2 atom stereocenters. The molecule has 2 unspecified atom stereocenters. The van der Waals surface area contributed by atoms with Crippen LogP contribution in [-0.4, -0.2) is 52.6 Å². The van der Waals surface area contributed by atoms with Gasteiger partial charge >= 0.3 is 11.9 Å². The fourth-order valence-corrected chi connectivity index (χ4v) is 1.52. The Labute approximate surface area is 121 Å². The molecule has 2 amide bonds. The van der Waals surface area contributed by atoms with Gasteiger partial charge in [0.15, 0.2) is 0 Å². The van der Waals surface area contributed by atoms with E-state index in [9.17, 15) is 19.2 Å². The fourth-order valence-electron chi connectivity index (χ4n) is 1.52. The molecule has 0 saturated carbocycles. The van der Waals surface area contributed by atoms with E-state index in [2.05, 4.69) is 10.6 Å². The molecule has 120 valence electrons. The second-order valence-electron chi connectivity index (χ2n) is 5.01. The van der Waals surface area contributed by atoms with Gasteiger partial charge in [-0.3, -0.25) is 14.4 Å². The lowest BCUT2D eigenvalue weighted by Crippen LogP contribution is -2.49. The lowest BCUT2D eigenvalue weighted by Gasteiger charge is -2.17. The van der Waals surface area contributed by atoms with Crippen molar-refractivity contribution in [2.24, 2.45) is 11.7 Å². The summed E-state index contributed by atoms with van der Waals surface area (Å²) in [6, 6.07) is -2.30. The van der Waals surface area contributed by atoms with E-state index in [0.29, 0.717) is 0 Å². The van der Waals surface area contributed by atoms with Crippen molar-refractivity contribution in [2.75, 3.05) is 6.54 Å². The van der Waals surface area contributed by atoms with E-state index in [0.717, 1.165) is 0 Å². The van der Waals surface area contributed by atoms with Crippen molar-refractivity contribution in [3.63, 3.8) is 0 Å². The number of carbonyl (C=O) groups excluding carboxylic acids is 2.